The topological polar surface area (TPSA) is 57.5 Å². The van der Waals surface area contributed by atoms with E-state index in [0.717, 1.165) is 37.0 Å². The molecular formula is C21H28N6. The molecule has 0 saturated carbocycles. The fourth-order valence-corrected chi connectivity index (χ4v) is 3.00. The molecule has 0 bridgehead atoms. The van der Waals surface area contributed by atoms with Gasteiger partial charge in [-0.2, -0.15) is 0 Å². The Morgan fingerprint density at radius 1 is 1.07 bits per heavy atom. The zero-order chi connectivity index (χ0) is 19.1. The maximum Gasteiger partial charge on any atom is 0.191 e. The SMILES string of the molecule is CN=C(NCCCn1ccc2ccccc21)NCc1cccc(N(C)C)n1. The number of aliphatic imine (C=N–C) groups is 1. The average molecular weight is 364 g/mol. The Morgan fingerprint density at radius 3 is 2.74 bits per heavy atom. The molecule has 0 aliphatic heterocycles. The van der Waals surface area contributed by atoms with Crippen LogP contribution in [0.2, 0.25) is 0 Å². The molecule has 0 atom stereocenters. The van der Waals surface area contributed by atoms with Crippen molar-refractivity contribution in [3.63, 3.8) is 0 Å². The third-order valence-corrected chi connectivity index (χ3v) is 4.46. The molecular weight excluding hydrogens is 336 g/mol. The van der Waals surface area contributed by atoms with Gasteiger partial charge in [0.25, 0.3) is 0 Å². The highest BCUT2D eigenvalue weighted by Crippen LogP contribution is 2.15. The van der Waals surface area contributed by atoms with Crippen LogP contribution in [-0.2, 0) is 13.1 Å². The van der Waals surface area contributed by atoms with Crippen LogP contribution in [0.3, 0.4) is 0 Å². The van der Waals surface area contributed by atoms with E-state index in [2.05, 4.69) is 61.7 Å². The Morgan fingerprint density at radius 2 is 1.93 bits per heavy atom. The summed E-state index contributed by atoms with van der Waals surface area (Å²) in [6.07, 6.45) is 3.18. The van der Waals surface area contributed by atoms with Gasteiger partial charge < -0.3 is 20.1 Å². The minimum absolute atomic E-state index is 0.642. The summed E-state index contributed by atoms with van der Waals surface area (Å²) in [4.78, 5) is 10.9. The summed E-state index contributed by atoms with van der Waals surface area (Å²) in [5.41, 5.74) is 2.27. The van der Waals surface area contributed by atoms with Crippen LogP contribution < -0.4 is 15.5 Å². The predicted molar refractivity (Wildman–Crippen MR) is 113 cm³/mol. The lowest BCUT2D eigenvalue weighted by molar-refractivity contribution is 0.640. The van der Waals surface area contributed by atoms with Crippen molar-refractivity contribution in [2.75, 3.05) is 32.6 Å². The molecule has 142 valence electrons. The molecule has 3 rings (SSSR count). The molecule has 0 saturated heterocycles. The Hall–Kier alpha value is -3.02. The van der Waals surface area contributed by atoms with Crippen molar-refractivity contribution < 1.29 is 0 Å². The highest BCUT2D eigenvalue weighted by molar-refractivity contribution is 5.80. The van der Waals surface area contributed by atoms with Crippen LogP contribution in [0.5, 0.6) is 0 Å². The van der Waals surface area contributed by atoms with Crippen LogP contribution in [0.15, 0.2) is 59.7 Å². The number of benzene rings is 1. The molecule has 3 aromatic rings. The lowest BCUT2D eigenvalue weighted by Gasteiger charge is -2.14. The average Bonchev–Trinajstić information content (AvgIpc) is 3.11. The van der Waals surface area contributed by atoms with Crippen molar-refractivity contribution in [2.45, 2.75) is 19.5 Å². The number of hydrogen-bond acceptors (Lipinski definition) is 3. The van der Waals surface area contributed by atoms with E-state index in [-0.39, 0.29) is 0 Å². The third-order valence-electron chi connectivity index (χ3n) is 4.46. The Labute approximate surface area is 160 Å². The highest BCUT2D eigenvalue weighted by atomic mass is 15.2. The highest BCUT2D eigenvalue weighted by Gasteiger charge is 2.03. The van der Waals surface area contributed by atoms with Crippen LogP contribution in [0.1, 0.15) is 12.1 Å². The first-order chi connectivity index (χ1) is 13.2. The van der Waals surface area contributed by atoms with Gasteiger partial charge in [0.1, 0.15) is 5.82 Å². The molecule has 1 aromatic carbocycles. The van der Waals surface area contributed by atoms with Crippen molar-refractivity contribution in [3.8, 4) is 0 Å². The lowest BCUT2D eigenvalue weighted by Crippen LogP contribution is -2.37. The van der Waals surface area contributed by atoms with Crippen LogP contribution in [0, 0.1) is 0 Å². The minimum atomic E-state index is 0.642. The second-order valence-electron chi connectivity index (χ2n) is 6.66. The molecule has 6 heteroatoms. The summed E-state index contributed by atoms with van der Waals surface area (Å²) in [6.45, 7) is 2.48. The van der Waals surface area contributed by atoms with Gasteiger partial charge in [-0.25, -0.2) is 4.98 Å². The summed E-state index contributed by atoms with van der Waals surface area (Å²) < 4.78 is 2.30. The number of pyridine rings is 1. The monoisotopic (exact) mass is 364 g/mol. The number of hydrogen-bond donors (Lipinski definition) is 2. The molecule has 0 unspecified atom stereocenters. The van der Waals surface area contributed by atoms with Crippen molar-refractivity contribution in [1.82, 2.24) is 20.2 Å². The fraction of sp³-hybridized carbons (Fsp3) is 0.333. The molecule has 27 heavy (non-hydrogen) atoms. The normalized spacial score (nSPS) is 11.6. The summed E-state index contributed by atoms with van der Waals surface area (Å²) in [6, 6.07) is 16.7. The van der Waals surface area contributed by atoms with Crippen molar-refractivity contribution in [3.05, 3.63) is 60.4 Å². The Kier molecular flexibility index (Phi) is 6.30. The molecule has 0 amide bonds. The number of rotatable bonds is 7. The van der Waals surface area contributed by atoms with Crippen molar-refractivity contribution in [2.24, 2.45) is 4.99 Å². The van der Waals surface area contributed by atoms with E-state index in [1.54, 1.807) is 7.05 Å². The van der Waals surface area contributed by atoms with Crippen LogP contribution in [0.25, 0.3) is 10.9 Å². The van der Waals surface area contributed by atoms with Gasteiger partial charge in [0.05, 0.1) is 12.2 Å². The van der Waals surface area contributed by atoms with E-state index in [1.165, 1.54) is 10.9 Å². The number of anilines is 1. The summed E-state index contributed by atoms with van der Waals surface area (Å²) in [7, 11) is 5.78. The van der Waals surface area contributed by atoms with Gasteiger partial charge >= 0.3 is 0 Å². The van der Waals surface area contributed by atoms with Crippen LogP contribution in [-0.4, -0.2) is 43.2 Å². The Bertz CT molecular complexity index is 896. The molecule has 0 spiro atoms. The number of fused-ring (bicyclic) bond motifs is 1. The molecule has 0 radical (unpaired) electrons. The minimum Gasteiger partial charge on any atom is -0.363 e. The lowest BCUT2D eigenvalue weighted by atomic mass is 10.2. The number of nitrogens with zero attached hydrogens (tertiary/aromatic N) is 4. The summed E-state index contributed by atoms with van der Waals surface area (Å²) >= 11 is 0. The van der Waals surface area contributed by atoms with E-state index in [9.17, 15) is 0 Å². The first kappa shape index (κ1) is 18.8. The number of aromatic nitrogens is 2. The first-order valence-corrected chi connectivity index (χ1v) is 9.29. The maximum atomic E-state index is 4.61. The van der Waals surface area contributed by atoms with E-state index < -0.39 is 0 Å². The fourth-order valence-electron chi connectivity index (χ4n) is 3.00. The number of guanidine groups is 1. The molecule has 2 heterocycles. The maximum absolute atomic E-state index is 4.61. The number of para-hydroxylation sites is 1. The third kappa shape index (κ3) is 5.00. The van der Waals surface area contributed by atoms with Gasteiger partial charge in [-0.3, -0.25) is 4.99 Å². The van der Waals surface area contributed by atoms with E-state index in [1.807, 2.05) is 37.2 Å². The largest absolute Gasteiger partial charge is 0.363 e. The van der Waals surface area contributed by atoms with Gasteiger partial charge in [-0.15, -0.1) is 0 Å². The standard InChI is InChI=1S/C21H28N6/c1-22-21(24-16-18-9-6-11-20(25-18)26(2)3)23-13-7-14-27-15-12-17-8-4-5-10-19(17)27/h4-6,8-12,15H,7,13-14,16H2,1-3H3,(H2,22,23,24). The summed E-state index contributed by atoms with van der Waals surface area (Å²) in [5, 5.41) is 7.99. The molecule has 2 N–H and O–H groups in total. The van der Waals surface area contributed by atoms with E-state index in [4.69, 9.17) is 0 Å². The molecule has 2 aromatic heterocycles. The first-order valence-electron chi connectivity index (χ1n) is 9.29. The van der Waals surface area contributed by atoms with Crippen molar-refractivity contribution in [1.29, 1.82) is 0 Å². The summed E-state index contributed by atoms with van der Waals surface area (Å²) in [5.74, 6) is 1.75. The van der Waals surface area contributed by atoms with Crippen LogP contribution in [0.4, 0.5) is 5.82 Å². The van der Waals surface area contributed by atoms with Crippen LogP contribution >= 0.6 is 0 Å². The molecule has 6 nitrogen and oxygen atoms in total. The van der Waals surface area contributed by atoms with Crippen molar-refractivity contribution >= 4 is 22.7 Å². The zero-order valence-electron chi connectivity index (χ0n) is 16.3. The second-order valence-corrected chi connectivity index (χ2v) is 6.66. The van der Waals surface area contributed by atoms with Gasteiger partial charge in [0, 0.05) is 45.9 Å². The van der Waals surface area contributed by atoms with Gasteiger partial charge in [-0.05, 0) is 36.1 Å². The van der Waals surface area contributed by atoms with Gasteiger partial charge in [0.2, 0.25) is 0 Å². The van der Waals surface area contributed by atoms with Gasteiger partial charge in [-0.1, -0.05) is 24.3 Å². The Balaban J connectivity index is 1.45. The van der Waals surface area contributed by atoms with E-state index >= 15 is 0 Å². The number of aryl methyl sites for hydroxylation is 1. The smallest absolute Gasteiger partial charge is 0.191 e. The van der Waals surface area contributed by atoms with Gasteiger partial charge in [0.15, 0.2) is 5.96 Å². The molecule has 0 fully saturated rings. The molecule has 0 aliphatic carbocycles. The zero-order valence-corrected chi connectivity index (χ0v) is 16.3. The predicted octanol–water partition coefficient (Wildman–Crippen LogP) is 2.86. The number of nitrogens with one attached hydrogen (secondary N) is 2. The van der Waals surface area contributed by atoms with E-state index in [0.29, 0.717) is 6.54 Å². The molecule has 0 aliphatic rings. The quantitative estimate of drug-likeness (QED) is 0.385. The second kappa shape index (κ2) is 9.07.